The second kappa shape index (κ2) is 5.27. The van der Waals surface area contributed by atoms with Crippen molar-refractivity contribution < 1.29 is 9.90 Å². The van der Waals surface area contributed by atoms with Crippen molar-refractivity contribution in [3.05, 3.63) is 35.6 Å². The van der Waals surface area contributed by atoms with Gasteiger partial charge in [-0.05, 0) is 23.4 Å². The molecule has 0 bridgehead atoms. The van der Waals surface area contributed by atoms with E-state index in [1.54, 1.807) is 23.6 Å². The van der Waals surface area contributed by atoms with Gasteiger partial charge in [-0.3, -0.25) is 4.79 Å². The lowest BCUT2D eigenvalue weighted by atomic mass is 9.95. The third-order valence-electron chi connectivity index (χ3n) is 2.66. The predicted molar refractivity (Wildman–Crippen MR) is 70.6 cm³/mol. The van der Waals surface area contributed by atoms with Gasteiger partial charge in [-0.25, -0.2) is 9.97 Å². The first-order valence-corrected chi connectivity index (χ1v) is 6.57. The number of thiophene rings is 1. The van der Waals surface area contributed by atoms with Gasteiger partial charge < -0.3 is 5.11 Å². The molecule has 1 atom stereocenters. The Balaban J connectivity index is 2.40. The van der Waals surface area contributed by atoms with Gasteiger partial charge in [0.15, 0.2) is 0 Å². The van der Waals surface area contributed by atoms with Gasteiger partial charge in [-0.15, -0.1) is 11.3 Å². The van der Waals surface area contributed by atoms with Crippen molar-refractivity contribution in [3.63, 3.8) is 0 Å². The minimum Gasteiger partial charge on any atom is -0.481 e. The van der Waals surface area contributed by atoms with Gasteiger partial charge in [0.05, 0.1) is 10.6 Å². The van der Waals surface area contributed by atoms with E-state index in [1.165, 1.54) is 0 Å². The summed E-state index contributed by atoms with van der Waals surface area (Å²) in [6.45, 7) is 3.72. The molecule has 2 aromatic rings. The zero-order valence-electron chi connectivity index (χ0n) is 10.2. The van der Waals surface area contributed by atoms with Gasteiger partial charge >= 0.3 is 5.97 Å². The molecule has 0 aliphatic carbocycles. The Labute approximate surface area is 109 Å². The molecule has 2 aromatic heterocycles. The Morgan fingerprint density at radius 1 is 1.39 bits per heavy atom. The Kier molecular flexibility index (Phi) is 3.72. The summed E-state index contributed by atoms with van der Waals surface area (Å²) in [6.07, 6.45) is 1.62. The maximum Gasteiger partial charge on any atom is 0.314 e. The first-order valence-electron chi connectivity index (χ1n) is 5.69. The average molecular weight is 262 g/mol. The van der Waals surface area contributed by atoms with E-state index in [0.29, 0.717) is 5.82 Å². The monoisotopic (exact) mass is 262 g/mol. The molecule has 18 heavy (non-hydrogen) atoms. The molecule has 2 heterocycles. The average Bonchev–Trinajstić information content (AvgIpc) is 2.81. The topological polar surface area (TPSA) is 63.1 Å². The Hall–Kier alpha value is -1.75. The number of nitrogens with zero attached hydrogens (tertiary/aromatic N) is 2. The minimum absolute atomic E-state index is 0.0407. The summed E-state index contributed by atoms with van der Waals surface area (Å²) >= 11 is 1.58. The maximum absolute atomic E-state index is 11.3. The van der Waals surface area contributed by atoms with E-state index in [-0.39, 0.29) is 5.92 Å². The lowest BCUT2D eigenvalue weighted by Gasteiger charge is -2.14. The van der Waals surface area contributed by atoms with Gasteiger partial charge in [0.1, 0.15) is 11.7 Å². The van der Waals surface area contributed by atoms with Crippen LogP contribution in [0.1, 0.15) is 25.6 Å². The van der Waals surface area contributed by atoms with Crippen LogP contribution in [0.2, 0.25) is 0 Å². The van der Waals surface area contributed by atoms with Gasteiger partial charge in [-0.1, -0.05) is 19.9 Å². The minimum atomic E-state index is -0.881. The van der Waals surface area contributed by atoms with Crippen molar-refractivity contribution in [2.45, 2.75) is 19.8 Å². The number of hydrogen-bond acceptors (Lipinski definition) is 4. The molecule has 0 aliphatic rings. The Bertz CT molecular complexity index is 538. The van der Waals surface area contributed by atoms with Crippen LogP contribution < -0.4 is 0 Å². The van der Waals surface area contributed by atoms with Crippen molar-refractivity contribution >= 4 is 17.3 Å². The molecule has 0 saturated carbocycles. The second-order valence-electron chi connectivity index (χ2n) is 4.34. The van der Waals surface area contributed by atoms with Gasteiger partial charge in [0.2, 0.25) is 0 Å². The lowest BCUT2D eigenvalue weighted by Crippen LogP contribution is -2.20. The summed E-state index contributed by atoms with van der Waals surface area (Å²) < 4.78 is 0. The third kappa shape index (κ3) is 2.56. The van der Waals surface area contributed by atoms with E-state index in [1.807, 2.05) is 31.4 Å². The molecular formula is C13H14N2O2S. The standard InChI is InChI=1S/C13H14N2O2S/c1-8(2)11(13(16)17)12-14-6-5-9(15-12)10-4-3-7-18-10/h3-8,11H,1-2H3,(H,16,17). The first kappa shape index (κ1) is 12.7. The molecule has 94 valence electrons. The zero-order chi connectivity index (χ0) is 13.1. The van der Waals surface area contributed by atoms with E-state index < -0.39 is 11.9 Å². The van der Waals surface area contributed by atoms with Crippen molar-refractivity contribution in [3.8, 4) is 10.6 Å². The van der Waals surface area contributed by atoms with Crippen LogP contribution in [0.4, 0.5) is 0 Å². The van der Waals surface area contributed by atoms with Crippen LogP contribution in [0.15, 0.2) is 29.8 Å². The smallest absolute Gasteiger partial charge is 0.314 e. The van der Waals surface area contributed by atoms with Crippen molar-refractivity contribution in [2.75, 3.05) is 0 Å². The molecule has 0 amide bonds. The molecule has 0 fully saturated rings. The first-order chi connectivity index (χ1) is 8.59. The molecule has 2 rings (SSSR count). The van der Waals surface area contributed by atoms with Crippen LogP contribution in [0, 0.1) is 5.92 Å². The molecule has 0 aromatic carbocycles. The number of carboxylic acid groups (broad SMARTS) is 1. The largest absolute Gasteiger partial charge is 0.481 e. The van der Waals surface area contributed by atoms with E-state index in [0.717, 1.165) is 10.6 Å². The Morgan fingerprint density at radius 3 is 2.72 bits per heavy atom. The fourth-order valence-corrected chi connectivity index (χ4v) is 2.47. The lowest BCUT2D eigenvalue weighted by molar-refractivity contribution is -0.140. The van der Waals surface area contributed by atoms with E-state index in [2.05, 4.69) is 9.97 Å². The normalized spacial score (nSPS) is 12.6. The summed E-state index contributed by atoms with van der Waals surface area (Å²) in [6, 6.07) is 5.70. The molecule has 0 saturated heterocycles. The summed E-state index contributed by atoms with van der Waals surface area (Å²) in [4.78, 5) is 20.8. The number of carboxylic acids is 1. The number of carbonyl (C=O) groups is 1. The fourth-order valence-electron chi connectivity index (χ4n) is 1.78. The van der Waals surface area contributed by atoms with Crippen molar-refractivity contribution in [1.82, 2.24) is 9.97 Å². The number of aliphatic carboxylic acids is 1. The number of aromatic nitrogens is 2. The summed E-state index contributed by atoms with van der Waals surface area (Å²) in [5.74, 6) is -1.21. The van der Waals surface area contributed by atoms with E-state index in [9.17, 15) is 9.90 Å². The zero-order valence-corrected chi connectivity index (χ0v) is 11.0. The van der Waals surface area contributed by atoms with Crippen molar-refractivity contribution in [2.24, 2.45) is 5.92 Å². The molecule has 0 spiro atoms. The van der Waals surface area contributed by atoms with Crippen LogP contribution >= 0.6 is 11.3 Å². The molecular weight excluding hydrogens is 248 g/mol. The van der Waals surface area contributed by atoms with Gasteiger partial charge in [0.25, 0.3) is 0 Å². The summed E-state index contributed by atoms with van der Waals surface area (Å²) in [5, 5.41) is 11.2. The molecule has 5 heteroatoms. The van der Waals surface area contributed by atoms with Crippen molar-refractivity contribution in [1.29, 1.82) is 0 Å². The summed E-state index contributed by atoms with van der Waals surface area (Å²) in [7, 11) is 0. The van der Waals surface area contributed by atoms with Crippen LogP contribution in [0.5, 0.6) is 0 Å². The van der Waals surface area contributed by atoms with E-state index >= 15 is 0 Å². The van der Waals surface area contributed by atoms with Gasteiger partial charge in [-0.2, -0.15) is 0 Å². The summed E-state index contributed by atoms with van der Waals surface area (Å²) in [5.41, 5.74) is 0.780. The number of hydrogen-bond donors (Lipinski definition) is 1. The SMILES string of the molecule is CC(C)C(C(=O)O)c1nccc(-c2cccs2)n1. The molecule has 1 unspecified atom stereocenters. The van der Waals surface area contributed by atoms with E-state index in [4.69, 9.17) is 0 Å². The quantitative estimate of drug-likeness (QED) is 0.920. The molecule has 1 N–H and O–H groups in total. The highest BCUT2D eigenvalue weighted by Crippen LogP contribution is 2.26. The third-order valence-corrected chi connectivity index (χ3v) is 3.55. The maximum atomic E-state index is 11.3. The number of rotatable bonds is 4. The van der Waals surface area contributed by atoms with Gasteiger partial charge in [0, 0.05) is 6.20 Å². The molecule has 0 radical (unpaired) electrons. The molecule has 4 nitrogen and oxygen atoms in total. The van der Waals surface area contributed by atoms with Crippen LogP contribution in [-0.2, 0) is 4.79 Å². The van der Waals surface area contributed by atoms with Crippen LogP contribution in [-0.4, -0.2) is 21.0 Å². The highest BCUT2D eigenvalue weighted by Gasteiger charge is 2.26. The molecule has 0 aliphatic heterocycles. The second-order valence-corrected chi connectivity index (χ2v) is 5.29. The Morgan fingerprint density at radius 2 is 2.17 bits per heavy atom. The highest BCUT2D eigenvalue weighted by atomic mass is 32.1. The predicted octanol–water partition coefficient (Wildman–Crippen LogP) is 3.03. The fraction of sp³-hybridized carbons (Fsp3) is 0.308. The van der Waals surface area contributed by atoms with Crippen LogP contribution in [0.25, 0.3) is 10.6 Å². The highest BCUT2D eigenvalue weighted by molar-refractivity contribution is 7.13. The van der Waals surface area contributed by atoms with Crippen LogP contribution in [0.3, 0.4) is 0 Å².